The summed E-state index contributed by atoms with van der Waals surface area (Å²) in [6.45, 7) is 14.1. The highest BCUT2D eigenvalue weighted by Crippen LogP contribution is 2.65. The van der Waals surface area contributed by atoms with E-state index in [0.29, 0.717) is 19.5 Å². The van der Waals surface area contributed by atoms with Crippen LogP contribution in [0.25, 0.3) is 0 Å². The zero-order chi connectivity index (χ0) is 25.3. The Morgan fingerprint density at radius 1 is 1.09 bits per heavy atom. The number of nitrogens with two attached hydrogens (primary N) is 1. The molecule has 5 amide bonds. The van der Waals surface area contributed by atoms with Crippen LogP contribution in [0.2, 0.25) is 0 Å². The molecule has 0 radical (unpaired) electrons. The Labute approximate surface area is 195 Å². The SMILES string of the molecule is CCCC(NC(=O)[C@@H]1C2[C@H](CN1C(=O)[C@@H](NC(=O)NCC)C(C)(C)C)C2(C)C)C(=O)C(N)=O. The molecule has 33 heavy (non-hydrogen) atoms. The summed E-state index contributed by atoms with van der Waals surface area (Å²) in [5, 5.41) is 8.07. The molecule has 0 bridgehead atoms. The molecule has 0 aromatic rings. The predicted octanol–water partition coefficient (Wildman–Crippen LogP) is 0.543. The van der Waals surface area contributed by atoms with Crippen LogP contribution in [0.1, 0.15) is 61.3 Å². The van der Waals surface area contributed by atoms with Gasteiger partial charge in [0.1, 0.15) is 12.1 Å². The van der Waals surface area contributed by atoms with E-state index in [1.54, 1.807) is 6.92 Å². The maximum atomic E-state index is 13.6. The molecule has 5 N–H and O–H groups in total. The minimum atomic E-state index is -1.10. The van der Waals surface area contributed by atoms with Gasteiger partial charge in [-0.25, -0.2) is 4.79 Å². The summed E-state index contributed by atoms with van der Waals surface area (Å²) in [4.78, 5) is 64.4. The van der Waals surface area contributed by atoms with Crippen molar-refractivity contribution in [3.05, 3.63) is 0 Å². The number of carbonyl (C=O) groups is 5. The molecular weight excluding hydrogens is 426 g/mol. The first kappa shape index (κ1) is 26.6. The summed E-state index contributed by atoms with van der Waals surface area (Å²) in [5.41, 5.74) is 4.43. The highest BCUT2D eigenvalue weighted by atomic mass is 16.2. The van der Waals surface area contributed by atoms with Crippen molar-refractivity contribution in [1.29, 1.82) is 0 Å². The quantitative estimate of drug-likeness (QED) is 0.367. The molecule has 10 heteroatoms. The number of nitrogens with one attached hydrogen (secondary N) is 3. The van der Waals surface area contributed by atoms with Crippen LogP contribution in [-0.4, -0.2) is 65.7 Å². The molecule has 2 fully saturated rings. The lowest BCUT2D eigenvalue weighted by Gasteiger charge is -2.37. The summed E-state index contributed by atoms with van der Waals surface area (Å²) in [6.07, 6.45) is 0.840. The van der Waals surface area contributed by atoms with E-state index < -0.39 is 47.2 Å². The van der Waals surface area contributed by atoms with E-state index in [1.807, 2.05) is 27.7 Å². The number of carbonyl (C=O) groups excluding carboxylic acids is 5. The van der Waals surface area contributed by atoms with Gasteiger partial charge in [-0.15, -0.1) is 0 Å². The third-order valence-corrected chi connectivity index (χ3v) is 6.94. The van der Waals surface area contributed by atoms with Gasteiger partial charge in [0.2, 0.25) is 17.6 Å². The molecule has 5 atom stereocenters. The fourth-order valence-corrected chi connectivity index (χ4v) is 4.96. The van der Waals surface area contributed by atoms with Crippen molar-refractivity contribution in [2.24, 2.45) is 28.4 Å². The van der Waals surface area contributed by atoms with Crippen LogP contribution >= 0.6 is 0 Å². The van der Waals surface area contributed by atoms with E-state index in [9.17, 15) is 24.0 Å². The van der Waals surface area contributed by atoms with Crippen molar-refractivity contribution in [2.75, 3.05) is 13.1 Å². The van der Waals surface area contributed by atoms with Crippen LogP contribution in [-0.2, 0) is 19.2 Å². The van der Waals surface area contributed by atoms with Gasteiger partial charge in [-0.3, -0.25) is 19.2 Å². The summed E-state index contributed by atoms with van der Waals surface area (Å²) in [5.74, 6) is -2.70. The average molecular weight is 466 g/mol. The van der Waals surface area contributed by atoms with E-state index in [2.05, 4.69) is 29.8 Å². The van der Waals surface area contributed by atoms with Crippen molar-refractivity contribution in [1.82, 2.24) is 20.9 Å². The number of ketones is 1. The second kappa shape index (κ2) is 9.69. The number of likely N-dealkylation sites (tertiary alicyclic amines) is 1. The average Bonchev–Trinajstić information content (AvgIpc) is 3.03. The van der Waals surface area contributed by atoms with Crippen LogP contribution in [0, 0.1) is 22.7 Å². The minimum Gasteiger partial charge on any atom is -0.363 e. The molecular formula is C23H39N5O5. The van der Waals surface area contributed by atoms with Crippen molar-refractivity contribution in [3.8, 4) is 0 Å². The lowest BCUT2D eigenvalue weighted by Crippen LogP contribution is -2.61. The molecule has 2 unspecified atom stereocenters. The molecule has 1 aliphatic heterocycles. The number of hydrogen-bond acceptors (Lipinski definition) is 5. The highest BCUT2D eigenvalue weighted by Gasteiger charge is 2.69. The summed E-state index contributed by atoms with van der Waals surface area (Å²) >= 11 is 0. The summed E-state index contributed by atoms with van der Waals surface area (Å²) in [6, 6.07) is -3.12. The molecule has 1 saturated heterocycles. The Kier molecular flexibility index (Phi) is 7.81. The molecule has 186 valence electrons. The lowest BCUT2D eigenvalue weighted by molar-refractivity contribution is -0.145. The third-order valence-electron chi connectivity index (χ3n) is 6.94. The van der Waals surface area contributed by atoms with Crippen LogP contribution < -0.4 is 21.7 Å². The lowest BCUT2D eigenvalue weighted by atomic mass is 9.85. The van der Waals surface area contributed by atoms with Gasteiger partial charge < -0.3 is 26.6 Å². The molecule has 0 aromatic carbocycles. The molecule has 0 spiro atoms. The van der Waals surface area contributed by atoms with E-state index in [1.165, 1.54) is 4.90 Å². The van der Waals surface area contributed by atoms with Gasteiger partial charge in [0.25, 0.3) is 5.91 Å². The van der Waals surface area contributed by atoms with E-state index in [4.69, 9.17) is 5.73 Å². The Morgan fingerprint density at radius 3 is 2.18 bits per heavy atom. The monoisotopic (exact) mass is 465 g/mol. The normalized spacial score (nSPS) is 24.8. The molecule has 2 aliphatic rings. The van der Waals surface area contributed by atoms with Gasteiger partial charge in [-0.2, -0.15) is 0 Å². The fourth-order valence-electron chi connectivity index (χ4n) is 4.96. The number of urea groups is 1. The molecule has 0 aromatic heterocycles. The molecule has 2 rings (SSSR count). The number of fused-ring (bicyclic) bond motifs is 1. The smallest absolute Gasteiger partial charge is 0.315 e. The van der Waals surface area contributed by atoms with Crippen LogP contribution in [0.15, 0.2) is 0 Å². The van der Waals surface area contributed by atoms with Crippen molar-refractivity contribution in [3.63, 3.8) is 0 Å². The summed E-state index contributed by atoms with van der Waals surface area (Å²) in [7, 11) is 0. The largest absolute Gasteiger partial charge is 0.363 e. The Bertz CT molecular complexity index is 819. The minimum absolute atomic E-state index is 0.0718. The van der Waals surface area contributed by atoms with E-state index in [0.717, 1.165) is 0 Å². The summed E-state index contributed by atoms with van der Waals surface area (Å²) < 4.78 is 0. The Morgan fingerprint density at radius 2 is 1.70 bits per heavy atom. The van der Waals surface area contributed by atoms with Gasteiger partial charge >= 0.3 is 6.03 Å². The zero-order valence-corrected chi connectivity index (χ0v) is 20.8. The van der Waals surface area contributed by atoms with Gasteiger partial charge in [0.15, 0.2) is 0 Å². The number of piperidine rings is 1. The van der Waals surface area contributed by atoms with Crippen molar-refractivity contribution < 1.29 is 24.0 Å². The van der Waals surface area contributed by atoms with Crippen LogP contribution in [0.4, 0.5) is 4.79 Å². The number of amides is 5. The van der Waals surface area contributed by atoms with Crippen LogP contribution in [0.3, 0.4) is 0 Å². The van der Waals surface area contributed by atoms with Gasteiger partial charge in [-0.1, -0.05) is 48.0 Å². The van der Waals surface area contributed by atoms with E-state index >= 15 is 0 Å². The van der Waals surface area contributed by atoms with Crippen molar-refractivity contribution in [2.45, 2.75) is 79.4 Å². The number of hydrogen-bond donors (Lipinski definition) is 4. The zero-order valence-electron chi connectivity index (χ0n) is 20.8. The molecule has 1 heterocycles. The molecule has 1 aliphatic carbocycles. The van der Waals surface area contributed by atoms with Gasteiger partial charge in [-0.05, 0) is 36.0 Å². The number of Topliss-reactive ketones (excluding diaryl/α,β-unsaturated/α-hetero) is 1. The van der Waals surface area contributed by atoms with E-state index in [-0.39, 0.29) is 29.6 Å². The molecule has 1 saturated carbocycles. The maximum absolute atomic E-state index is 13.6. The van der Waals surface area contributed by atoms with Gasteiger partial charge in [0.05, 0.1) is 6.04 Å². The maximum Gasteiger partial charge on any atom is 0.315 e. The van der Waals surface area contributed by atoms with Gasteiger partial charge in [0, 0.05) is 13.1 Å². The number of nitrogens with zero attached hydrogens (tertiary/aromatic N) is 1. The van der Waals surface area contributed by atoms with Crippen LogP contribution in [0.5, 0.6) is 0 Å². The number of rotatable bonds is 9. The first-order valence-corrected chi connectivity index (χ1v) is 11.7. The number of primary amides is 1. The molecule has 10 nitrogen and oxygen atoms in total. The Hall–Kier alpha value is -2.65. The topological polar surface area (TPSA) is 151 Å². The standard InChI is InChI=1S/C23H39N5O5/c1-8-10-13(16(29)18(24)30)26-19(31)15-14-12(23(14,6)7)11-28(15)20(32)17(22(3,4)5)27-21(33)25-9-2/h12-15,17H,8-11H2,1-7H3,(H2,24,30)(H,26,31)(H2,25,27,33)/t12-,13?,14?,15-,17+/m0/s1. The fraction of sp³-hybridized carbons (Fsp3) is 0.783. The third kappa shape index (κ3) is 5.47. The second-order valence-electron chi connectivity index (χ2n) is 10.8. The Balaban J connectivity index is 2.31. The first-order valence-electron chi connectivity index (χ1n) is 11.7. The first-order chi connectivity index (χ1) is 15.2. The predicted molar refractivity (Wildman–Crippen MR) is 123 cm³/mol. The second-order valence-corrected chi connectivity index (χ2v) is 10.8. The highest BCUT2D eigenvalue weighted by molar-refractivity contribution is 6.37. The van der Waals surface area contributed by atoms with Crippen molar-refractivity contribution >= 4 is 29.5 Å².